The highest BCUT2D eigenvalue weighted by Gasteiger charge is 2.06. The third-order valence-electron chi connectivity index (χ3n) is 0.827. The Kier molecular flexibility index (Phi) is 2.82. The lowest BCUT2D eigenvalue weighted by atomic mass is 10.5. The van der Waals surface area contributed by atoms with Gasteiger partial charge in [-0.3, -0.25) is 0 Å². The summed E-state index contributed by atoms with van der Waals surface area (Å²) in [7, 11) is 0. The van der Waals surface area contributed by atoms with Crippen molar-refractivity contribution >= 4 is 33.2 Å². The molecule has 0 spiro atoms. The molecule has 3 nitrogen and oxygen atoms in total. The van der Waals surface area contributed by atoms with Crippen molar-refractivity contribution in [2.24, 2.45) is 0 Å². The SMILES string of the molecule is O=C(OCBr)c1cscn1. The summed E-state index contributed by atoms with van der Waals surface area (Å²) in [6.45, 7) is 0. The van der Waals surface area contributed by atoms with Crippen molar-refractivity contribution in [1.29, 1.82) is 0 Å². The number of alkyl halides is 1. The van der Waals surface area contributed by atoms with E-state index in [0.717, 1.165) is 0 Å². The number of rotatable bonds is 2. The van der Waals surface area contributed by atoms with E-state index in [-0.39, 0.29) is 5.52 Å². The first-order chi connectivity index (χ1) is 4.84. The first-order valence-electron chi connectivity index (χ1n) is 2.46. The minimum absolute atomic E-state index is 0.212. The number of carbonyl (C=O) groups excluding carboxylic acids is 1. The van der Waals surface area contributed by atoms with E-state index in [0.29, 0.717) is 5.69 Å². The van der Waals surface area contributed by atoms with E-state index in [9.17, 15) is 4.79 Å². The highest BCUT2D eigenvalue weighted by atomic mass is 79.9. The van der Waals surface area contributed by atoms with Gasteiger partial charge in [0, 0.05) is 5.38 Å². The second kappa shape index (κ2) is 3.68. The Balaban J connectivity index is 2.59. The quantitative estimate of drug-likeness (QED) is 0.564. The first kappa shape index (κ1) is 7.68. The molecule has 1 rings (SSSR count). The molecule has 0 radical (unpaired) electrons. The second-order valence-electron chi connectivity index (χ2n) is 1.41. The number of thiazole rings is 1. The number of hydrogen-bond acceptors (Lipinski definition) is 4. The van der Waals surface area contributed by atoms with Crippen LogP contribution in [0, 0.1) is 0 Å². The molecule has 0 aliphatic heterocycles. The number of hydrogen-bond donors (Lipinski definition) is 0. The Hall–Kier alpha value is -0.420. The maximum absolute atomic E-state index is 10.8. The largest absolute Gasteiger partial charge is 0.449 e. The standard InChI is InChI=1S/C5H4BrNO2S/c6-2-9-5(8)4-1-10-3-7-4/h1,3H,2H2. The maximum atomic E-state index is 10.8. The van der Waals surface area contributed by atoms with E-state index in [1.165, 1.54) is 11.3 Å². The third-order valence-corrected chi connectivity index (χ3v) is 1.64. The summed E-state index contributed by atoms with van der Waals surface area (Å²) in [4.78, 5) is 14.6. The van der Waals surface area contributed by atoms with Crippen LogP contribution in [0.15, 0.2) is 10.9 Å². The highest BCUT2D eigenvalue weighted by molar-refractivity contribution is 9.09. The number of esters is 1. The number of ether oxygens (including phenoxy) is 1. The molecular weight excluding hydrogens is 218 g/mol. The third kappa shape index (κ3) is 1.78. The van der Waals surface area contributed by atoms with Crippen LogP contribution < -0.4 is 0 Å². The van der Waals surface area contributed by atoms with Gasteiger partial charge in [-0.1, -0.05) is 0 Å². The smallest absolute Gasteiger partial charge is 0.358 e. The first-order valence-corrected chi connectivity index (χ1v) is 4.52. The van der Waals surface area contributed by atoms with Crippen LogP contribution in [0.25, 0.3) is 0 Å². The Morgan fingerprint density at radius 1 is 1.90 bits per heavy atom. The number of halogens is 1. The van der Waals surface area contributed by atoms with Crippen molar-refractivity contribution in [2.45, 2.75) is 0 Å². The van der Waals surface area contributed by atoms with Crippen molar-refractivity contribution < 1.29 is 9.53 Å². The van der Waals surface area contributed by atoms with Gasteiger partial charge in [-0.25, -0.2) is 9.78 Å². The van der Waals surface area contributed by atoms with Crippen molar-refractivity contribution in [3.05, 3.63) is 16.6 Å². The minimum Gasteiger partial charge on any atom is -0.449 e. The maximum Gasteiger partial charge on any atom is 0.358 e. The molecule has 0 aliphatic rings. The lowest BCUT2D eigenvalue weighted by molar-refractivity contribution is 0.0578. The van der Waals surface area contributed by atoms with Gasteiger partial charge in [-0.2, -0.15) is 0 Å². The molecule has 0 amide bonds. The van der Waals surface area contributed by atoms with Crippen LogP contribution in [0.4, 0.5) is 0 Å². The molecule has 0 aromatic carbocycles. The average Bonchev–Trinajstić information content (AvgIpc) is 2.38. The van der Waals surface area contributed by atoms with E-state index in [1.54, 1.807) is 10.9 Å². The van der Waals surface area contributed by atoms with Gasteiger partial charge in [0.1, 0.15) is 5.52 Å². The second-order valence-corrected chi connectivity index (χ2v) is 2.59. The van der Waals surface area contributed by atoms with Crippen LogP contribution in [0.2, 0.25) is 0 Å². The molecule has 5 heteroatoms. The molecule has 0 aliphatic carbocycles. The van der Waals surface area contributed by atoms with E-state index >= 15 is 0 Å². The van der Waals surface area contributed by atoms with Gasteiger partial charge in [0.25, 0.3) is 0 Å². The van der Waals surface area contributed by atoms with Crippen LogP contribution in [-0.4, -0.2) is 16.5 Å². The lowest BCUT2D eigenvalue weighted by Crippen LogP contribution is -2.02. The zero-order valence-corrected chi connectivity index (χ0v) is 7.31. The summed E-state index contributed by atoms with van der Waals surface area (Å²) in [6, 6.07) is 0. The normalized spacial score (nSPS) is 9.30. The Labute approximate surface area is 70.2 Å². The van der Waals surface area contributed by atoms with Crippen LogP contribution in [-0.2, 0) is 4.74 Å². The molecular formula is C5H4BrNO2S. The summed E-state index contributed by atoms with van der Waals surface area (Å²) >= 11 is 4.33. The molecule has 0 bridgehead atoms. The summed E-state index contributed by atoms with van der Waals surface area (Å²) in [5.41, 5.74) is 2.17. The fraction of sp³-hybridized carbons (Fsp3) is 0.200. The van der Waals surface area contributed by atoms with Crippen LogP contribution >= 0.6 is 27.3 Å². The minimum atomic E-state index is -0.391. The summed E-state index contributed by atoms with van der Waals surface area (Å²) in [6.07, 6.45) is 0. The number of carbonyl (C=O) groups is 1. The van der Waals surface area contributed by atoms with Gasteiger partial charge in [0.05, 0.1) is 5.51 Å². The predicted octanol–water partition coefficient (Wildman–Crippen LogP) is 1.65. The molecule has 0 fully saturated rings. The van der Waals surface area contributed by atoms with Gasteiger partial charge in [-0.05, 0) is 15.9 Å². The fourth-order valence-corrected chi connectivity index (χ4v) is 1.17. The van der Waals surface area contributed by atoms with Crippen LogP contribution in [0.3, 0.4) is 0 Å². The molecule has 0 unspecified atom stereocenters. The van der Waals surface area contributed by atoms with Crippen molar-refractivity contribution in [1.82, 2.24) is 4.98 Å². The molecule has 1 heterocycles. The van der Waals surface area contributed by atoms with Gasteiger partial charge >= 0.3 is 5.97 Å². The lowest BCUT2D eigenvalue weighted by Gasteiger charge is -1.93. The van der Waals surface area contributed by atoms with Crippen molar-refractivity contribution in [2.75, 3.05) is 5.52 Å². The molecule has 0 N–H and O–H groups in total. The van der Waals surface area contributed by atoms with Crippen molar-refractivity contribution in [3.63, 3.8) is 0 Å². The highest BCUT2D eigenvalue weighted by Crippen LogP contribution is 2.02. The van der Waals surface area contributed by atoms with Gasteiger partial charge in [0.2, 0.25) is 0 Å². The van der Waals surface area contributed by atoms with E-state index < -0.39 is 5.97 Å². The Bertz CT molecular complexity index is 211. The molecule has 0 saturated heterocycles. The monoisotopic (exact) mass is 221 g/mol. The zero-order valence-electron chi connectivity index (χ0n) is 4.91. The molecule has 54 valence electrons. The van der Waals surface area contributed by atoms with Gasteiger partial charge in [-0.15, -0.1) is 11.3 Å². The summed E-state index contributed by atoms with van der Waals surface area (Å²) in [5.74, 6) is -0.391. The summed E-state index contributed by atoms with van der Waals surface area (Å²) < 4.78 is 4.61. The molecule has 10 heavy (non-hydrogen) atoms. The van der Waals surface area contributed by atoms with Gasteiger partial charge in [0.15, 0.2) is 5.69 Å². The van der Waals surface area contributed by atoms with E-state index in [1.807, 2.05) is 0 Å². The van der Waals surface area contributed by atoms with Crippen LogP contribution in [0.5, 0.6) is 0 Å². The van der Waals surface area contributed by atoms with E-state index in [4.69, 9.17) is 0 Å². The summed E-state index contributed by atoms with van der Waals surface area (Å²) in [5, 5.41) is 1.64. The Morgan fingerprint density at radius 3 is 3.20 bits per heavy atom. The van der Waals surface area contributed by atoms with Crippen LogP contribution in [0.1, 0.15) is 10.5 Å². The van der Waals surface area contributed by atoms with E-state index in [2.05, 4.69) is 25.7 Å². The molecule has 1 aromatic rings. The molecule has 0 atom stereocenters. The molecule has 1 aromatic heterocycles. The molecule has 0 saturated carbocycles. The topological polar surface area (TPSA) is 39.2 Å². The van der Waals surface area contributed by atoms with Crippen molar-refractivity contribution in [3.8, 4) is 0 Å². The predicted molar refractivity (Wildman–Crippen MR) is 41.3 cm³/mol. The average molecular weight is 222 g/mol. The number of nitrogens with zero attached hydrogens (tertiary/aromatic N) is 1. The fourth-order valence-electron chi connectivity index (χ4n) is 0.437. The number of aromatic nitrogens is 1. The Morgan fingerprint density at radius 2 is 2.70 bits per heavy atom. The van der Waals surface area contributed by atoms with Gasteiger partial charge < -0.3 is 4.74 Å². The zero-order chi connectivity index (χ0) is 7.40.